The average Bonchev–Trinajstić information content (AvgIpc) is 3.42. The molecule has 5 rings (SSSR count). The Labute approximate surface area is 177 Å². The molecule has 0 N–H and O–H groups in total. The van der Waals surface area contributed by atoms with E-state index in [1.807, 2.05) is 46.2 Å². The van der Waals surface area contributed by atoms with E-state index in [4.69, 9.17) is 9.47 Å². The van der Waals surface area contributed by atoms with Crippen LogP contribution in [0.3, 0.4) is 0 Å². The number of hydrogen-bond donors (Lipinski definition) is 0. The van der Waals surface area contributed by atoms with Crippen LogP contribution in [0, 0.1) is 11.8 Å². The quantitative estimate of drug-likeness (QED) is 0.680. The van der Waals surface area contributed by atoms with E-state index >= 15 is 0 Å². The maximum absolute atomic E-state index is 13.4. The molecule has 0 radical (unpaired) electrons. The number of piperazine rings is 1. The molecule has 4 aliphatic heterocycles. The zero-order chi connectivity index (χ0) is 20.9. The predicted molar refractivity (Wildman–Crippen MR) is 111 cm³/mol. The highest BCUT2D eigenvalue weighted by molar-refractivity contribution is 5.93. The van der Waals surface area contributed by atoms with Crippen molar-refractivity contribution in [1.29, 1.82) is 0 Å². The normalized spacial score (nSPS) is 32.7. The monoisotopic (exact) mass is 411 g/mol. The molecule has 4 heterocycles. The predicted octanol–water partition coefficient (Wildman–Crippen LogP) is 1.14. The minimum atomic E-state index is -0.661. The number of nitrogens with zero attached hydrogens (tertiary/aromatic N) is 3. The smallest absolute Gasteiger partial charge is 0.230 e. The Morgan fingerprint density at radius 1 is 1.27 bits per heavy atom. The van der Waals surface area contributed by atoms with Crippen LogP contribution in [-0.4, -0.2) is 84.6 Å². The highest BCUT2D eigenvalue weighted by Gasteiger charge is 2.67. The second kappa shape index (κ2) is 7.39. The van der Waals surface area contributed by atoms with Crippen LogP contribution in [0.5, 0.6) is 5.75 Å². The molecule has 160 valence electrons. The molecule has 7 heteroatoms. The fourth-order valence-corrected chi connectivity index (χ4v) is 5.48. The first-order valence-electron chi connectivity index (χ1n) is 10.8. The molecule has 0 aromatic heterocycles. The van der Waals surface area contributed by atoms with Crippen molar-refractivity contribution in [3.05, 3.63) is 42.0 Å². The highest BCUT2D eigenvalue weighted by atomic mass is 16.5. The molecule has 30 heavy (non-hydrogen) atoms. The van der Waals surface area contributed by atoms with Crippen molar-refractivity contribution < 1.29 is 19.1 Å². The Hall–Kier alpha value is -2.38. The van der Waals surface area contributed by atoms with Gasteiger partial charge in [-0.25, -0.2) is 0 Å². The van der Waals surface area contributed by atoms with Crippen molar-refractivity contribution in [3.63, 3.8) is 0 Å². The Morgan fingerprint density at radius 3 is 2.80 bits per heavy atom. The summed E-state index contributed by atoms with van der Waals surface area (Å²) in [5.41, 5.74) is 0.350. The first-order chi connectivity index (χ1) is 14.5. The lowest BCUT2D eigenvalue weighted by Crippen LogP contribution is -2.53. The van der Waals surface area contributed by atoms with Gasteiger partial charge in [-0.15, -0.1) is 0 Å². The number of methoxy groups -OCH3 is 1. The third-order valence-electron chi connectivity index (χ3n) is 7.10. The zero-order valence-electron chi connectivity index (χ0n) is 17.6. The highest BCUT2D eigenvalue weighted by Crippen LogP contribution is 2.52. The van der Waals surface area contributed by atoms with E-state index in [2.05, 4.69) is 11.8 Å². The van der Waals surface area contributed by atoms with Gasteiger partial charge in [0.05, 0.1) is 31.6 Å². The third kappa shape index (κ3) is 3.03. The van der Waals surface area contributed by atoms with Gasteiger partial charge >= 0.3 is 0 Å². The fraction of sp³-hybridized carbons (Fsp3) is 0.565. The number of hydrogen-bond acceptors (Lipinski definition) is 5. The molecule has 3 fully saturated rings. The van der Waals surface area contributed by atoms with Gasteiger partial charge in [0.25, 0.3) is 0 Å². The van der Waals surface area contributed by atoms with E-state index in [-0.39, 0.29) is 17.9 Å². The number of fused-ring (bicyclic) bond motifs is 1. The summed E-state index contributed by atoms with van der Waals surface area (Å²) in [6.45, 7) is 7.36. The SMILES string of the molecule is CCN1CCN(C(=O)[C@H]2[C@@H]3C=C[C@@]4(CN(Cc5cccc(OC)c5)C(=O)[C@@H]24)O3)CC1. The number of likely N-dealkylation sites (tertiary alicyclic amines) is 1. The summed E-state index contributed by atoms with van der Waals surface area (Å²) < 4.78 is 11.6. The van der Waals surface area contributed by atoms with Gasteiger partial charge in [-0.3, -0.25) is 9.59 Å². The van der Waals surface area contributed by atoms with Crippen molar-refractivity contribution in [2.75, 3.05) is 46.4 Å². The molecule has 7 nitrogen and oxygen atoms in total. The van der Waals surface area contributed by atoms with E-state index < -0.39 is 17.4 Å². The molecule has 0 unspecified atom stereocenters. The van der Waals surface area contributed by atoms with Crippen molar-refractivity contribution >= 4 is 11.8 Å². The molecule has 4 aliphatic rings. The molecule has 1 aromatic carbocycles. The minimum absolute atomic E-state index is 0.0233. The first-order valence-corrected chi connectivity index (χ1v) is 10.8. The van der Waals surface area contributed by atoms with E-state index in [0.717, 1.165) is 44.0 Å². The molecule has 0 aliphatic carbocycles. The van der Waals surface area contributed by atoms with E-state index in [1.54, 1.807) is 7.11 Å². The minimum Gasteiger partial charge on any atom is -0.497 e. The van der Waals surface area contributed by atoms with Crippen LogP contribution in [-0.2, 0) is 20.9 Å². The molecule has 1 spiro atoms. The van der Waals surface area contributed by atoms with Crippen molar-refractivity contribution in [2.24, 2.45) is 11.8 Å². The van der Waals surface area contributed by atoms with Gasteiger partial charge in [0.2, 0.25) is 11.8 Å². The van der Waals surface area contributed by atoms with Crippen molar-refractivity contribution in [3.8, 4) is 5.75 Å². The molecule has 2 amide bonds. The summed E-state index contributed by atoms with van der Waals surface area (Å²) in [5.74, 6) is 0.0356. The number of rotatable bonds is 5. The third-order valence-corrected chi connectivity index (χ3v) is 7.10. The van der Waals surface area contributed by atoms with Gasteiger partial charge < -0.3 is 24.2 Å². The van der Waals surface area contributed by atoms with Gasteiger partial charge in [-0.2, -0.15) is 0 Å². The standard InChI is InChI=1S/C23H29N3O4/c1-3-24-9-11-25(12-10-24)21(27)19-18-7-8-23(30-18)15-26(22(28)20(19)23)14-16-5-4-6-17(13-16)29-2/h4-8,13,18-20H,3,9-12,14-15H2,1-2H3/t18-,19-,20+,23-/m0/s1. The van der Waals surface area contributed by atoms with E-state index in [1.165, 1.54) is 0 Å². The van der Waals surface area contributed by atoms with Gasteiger partial charge in [0, 0.05) is 32.7 Å². The number of carbonyl (C=O) groups is 2. The average molecular weight is 412 g/mol. The Morgan fingerprint density at radius 2 is 2.07 bits per heavy atom. The summed E-state index contributed by atoms with van der Waals surface area (Å²) in [6.07, 6.45) is 3.73. The lowest BCUT2D eigenvalue weighted by Gasteiger charge is -2.37. The Bertz CT molecular complexity index is 879. The Balaban J connectivity index is 1.34. The molecule has 2 bridgehead atoms. The van der Waals surface area contributed by atoms with Crippen LogP contribution in [0.1, 0.15) is 12.5 Å². The van der Waals surface area contributed by atoms with Crippen LogP contribution in [0.2, 0.25) is 0 Å². The summed E-state index contributed by atoms with van der Waals surface area (Å²) >= 11 is 0. The van der Waals surface area contributed by atoms with Crippen LogP contribution >= 0.6 is 0 Å². The van der Waals surface area contributed by atoms with Crippen LogP contribution in [0.4, 0.5) is 0 Å². The number of amides is 2. The number of benzene rings is 1. The van der Waals surface area contributed by atoms with Gasteiger partial charge in [-0.05, 0) is 24.2 Å². The molecule has 1 aromatic rings. The summed E-state index contributed by atoms with van der Waals surface area (Å²) in [6, 6.07) is 7.76. The van der Waals surface area contributed by atoms with Crippen molar-refractivity contribution in [2.45, 2.75) is 25.2 Å². The molecule has 0 saturated carbocycles. The van der Waals surface area contributed by atoms with E-state index in [0.29, 0.717) is 13.1 Å². The van der Waals surface area contributed by atoms with Gasteiger partial charge in [-0.1, -0.05) is 31.2 Å². The van der Waals surface area contributed by atoms with Crippen LogP contribution in [0.25, 0.3) is 0 Å². The van der Waals surface area contributed by atoms with Gasteiger partial charge in [0.1, 0.15) is 11.4 Å². The number of ether oxygens (including phenoxy) is 2. The number of likely N-dealkylation sites (N-methyl/N-ethyl adjacent to an activating group) is 1. The molecular formula is C23H29N3O4. The molecule has 4 atom stereocenters. The zero-order valence-corrected chi connectivity index (χ0v) is 17.6. The molecular weight excluding hydrogens is 382 g/mol. The largest absolute Gasteiger partial charge is 0.497 e. The second-order valence-corrected chi connectivity index (χ2v) is 8.71. The first kappa shape index (κ1) is 19.6. The maximum Gasteiger partial charge on any atom is 0.230 e. The topological polar surface area (TPSA) is 62.3 Å². The maximum atomic E-state index is 13.4. The summed E-state index contributed by atoms with van der Waals surface area (Å²) in [7, 11) is 1.64. The second-order valence-electron chi connectivity index (χ2n) is 8.71. The lowest BCUT2D eigenvalue weighted by molar-refractivity contribution is -0.144. The fourth-order valence-electron chi connectivity index (χ4n) is 5.48. The number of carbonyl (C=O) groups excluding carboxylic acids is 2. The molecule has 3 saturated heterocycles. The van der Waals surface area contributed by atoms with Crippen LogP contribution in [0.15, 0.2) is 36.4 Å². The Kier molecular flexibility index (Phi) is 4.82. The summed E-state index contributed by atoms with van der Waals surface area (Å²) in [5, 5.41) is 0. The van der Waals surface area contributed by atoms with Crippen LogP contribution < -0.4 is 4.74 Å². The van der Waals surface area contributed by atoms with Gasteiger partial charge in [0.15, 0.2) is 0 Å². The lowest BCUT2D eigenvalue weighted by atomic mass is 9.76. The van der Waals surface area contributed by atoms with E-state index in [9.17, 15) is 9.59 Å². The van der Waals surface area contributed by atoms with Crippen molar-refractivity contribution in [1.82, 2.24) is 14.7 Å². The summed E-state index contributed by atoms with van der Waals surface area (Å²) in [4.78, 5) is 33.0.